The molecule has 0 aliphatic rings. The molecule has 7 heteroatoms. The fraction of sp³-hybridized carbons (Fsp3) is 0.222. The maximum absolute atomic E-state index is 11.5. The maximum Gasteiger partial charge on any atom is 0.270 e. The second-order valence-corrected chi connectivity index (χ2v) is 2.93. The van der Waals surface area contributed by atoms with E-state index in [1.54, 1.807) is 6.07 Å². The molecular formula is C9H13N5O2. The van der Waals surface area contributed by atoms with Gasteiger partial charge in [-0.2, -0.15) is 0 Å². The van der Waals surface area contributed by atoms with Crippen LogP contribution < -0.4 is 21.9 Å². The van der Waals surface area contributed by atoms with Crippen molar-refractivity contribution in [1.82, 2.24) is 15.6 Å². The molecule has 1 rings (SSSR count). The standard InChI is InChI=1S/C9H13N5O2/c1-11-8(15)5-13-9(16)7-3-2-6(14-10)4-12-7/h2-4,14H,5,10H2,1H3,(H,11,15)(H,13,16). The summed E-state index contributed by atoms with van der Waals surface area (Å²) in [5.41, 5.74) is 3.22. The average molecular weight is 223 g/mol. The molecule has 0 spiro atoms. The monoisotopic (exact) mass is 223 g/mol. The molecule has 0 bridgehead atoms. The Labute approximate surface area is 92.4 Å². The number of hydrogen-bond acceptors (Lipinski definition) is 5. The molecule has 86 valence electrons. The molecule has 16 heavy (non-hydrogen) atoms. The van der Waals surface area contributed by atoms with Gasteiger partial charge >= 0.3 is 0 Å². The number of nitrogen functional groups attached to an aromatic ring is 1. The maximum atomic E-state index is 11.5. The van der Waals surface area contributed by atoms with Crippen LogP contribution in [0.1, 0.15) is 10.5 Å². The summed E-state index contributed by atoms with van der Waals surface area (Å²) in [4.78, 5) is 26.2. The van der Waals surface area contributed by atoms with Gasteiger partial charge in [-0.1, -0.05) is 0 Å². The first-order valence-corrected chi connectivity index (χ1v) is 4.59. The van der Waals surface area contributed by atoms with Gasteiger partial charge < -0.3 is 16.1 Å². The zero-order valence-electron chi connectivity index (χ0n) is 8.78. The average Bonchev–Trinajstić information content (AvgIpc) is 2.35. The first-order chi connectivity index (χ1) is 7.67. The van der Waals surface area contributed by atoms with Crippen molar-refractivity contribution in [2.75, 3.05) is 19.0 Å². The van der Waals surface area contributed by atoms with E-state index in [4.69, 9.17) is 5.84 Å². The number of aromatic nitrogens is 1. The molecule has 0 saturated heterocycles. The molecule has 0 radical (unpaired) electrons. The Balaban J connectivity index is 2.56. The Bertz CT molecular complexity index is 376. The lowest BCUT2D eigenvalue weighted by molar-refractivity contribution is -0.119. The van der Waals surface area contributed by atoms with E-state index < -0.39 is 5.91 Å². The zero-order valence-corrected chi connectivity index (χ0v) is 8.78. The van der Waals surface area contributed by atoms with Crippen LogP contribution in [-0.2, 0) is 4.79 Å². The normalized spacial score (nSPS) is 9.38. The van der Waals surface area contributed by atoms with Crippen LogP contribution in [0.5, 0.6) is 0 Å². The van der Waals surface area contributed by atoms with Crippen molar-refractivity contribution in [3.05, 3.63) is 24.0 Å². The van der Waals surface area contributed by atoms with Gasteiger partial charge in [-0.25, -0.2) is 4.98 Å². The van der Waals surface area contributed by atoms with Crippen molar-refractivity contribution in [2.24, 2.45) is 5.84 Å². The summed E-state index contributed by atoms with van der Waals surface area (Å²) in [6.07, 6.45) is 1.43. The summed E-state index contributed by atoms with van der Waals surface area (Å²) >= 11 is 0. The minimum atomic E-state index is -0.410. The fourth-order valence-corrected chi connectivity index (χ4v) is 0.953. The molecule has 5 N–H and O–H groups in total. The number of anilines is 1. The van der Waals surface area contributed by atoms with Gasteiger partial charge in [0, 0.05) is 7.05 Å². The van der Waals surface area contributed by atoms with Crippen LogP contribution in [0.4, 0.5) is 5.69 Å². The van der Waals surface area contributed by atoms with Gasteiger partial charge in [0.05, 0.1) is 18.4 Å². The number of amides is 2. The van der Waals surface area contributed by atoms with E-state index in [2.05, 4.69) is 21.0 Å². The highest BCUT2D eigenvalue weighted by Gasteiger charge is 2.07. The van der Waals surface area contributed by atoms with Crippen molar-refractivity contribution in [3.63, 3.8) is 0 Å². The topological polar surface area (TPSA) is 109 Å². The van der Waals surface area contributed by atoms with Crippen LogP contribution in [0.3, 0.4) is 0 Å². The molecule has 0 atom stereocenters. The van der Waals surface area contributed by atoms with Gasteiger partial charge in [-0.3, -0.25) is 15.4 Å². The molecule has 7 nitrogen and oxygen atoms in total. The number of carbonyl (C=O) groups excluding carboxylic acids is 2. The van der Waals surface area contributed by atoms with Crippen molar-refractivity contribution < 1.29 is 9.59 Å². The Hall–Kier alpha value is -2.15. The highest BCUT2D eigenvalue weighted by molar-refractivity contribution is 5.94. The number of carbonyl (C=O) groups is 2. The second-order valence-electron chi connectivity index (χ2n) is 2.93. The third kappa shape index (κ3) is 3.21. The first-order valence-electron chi connectivity index (χ1n) is 4.59. The lowest BCUT2D eigenvalue weighted by Crippen LogP contribution is -2.35. The summed E-state index contributed by atoms with van der Waals surface area (Å²) in [6.45, 7) is -0.0755. The molecule has 1 aromatic heterocycles. The van der Waals surface area contributed by atoms with Crippen LogP contribution in [0.15, 0.2) is 18.3 Å². The first kappa shape index (κ1) is 11.9. The number of nitrogens with two attached hydrogens (primary N) is 1. The van der Waals surface area contributed by atoms with Crippen molar-refractivity contribution in [2.45, 2.75) is 0 Å². The minimum absolute atomic E-state index is 0.0755. The molecule has 1 heterocycles. The second kappa shape index (κ2) is 5.66. The lowest BCUT2D eigenvalue weighted by atomic mass is 10.3. The summed E-state index contributed by atoms with van der Waals surface area (Å²) in [6, 6.07) is 3.12. The van der Waals surface area contributed by atoms with Gasteiger partial charge in [0.2, 0.25) is 5.91 Å². The lowest BCUT2D eigenvalue weighted by Gasteiger charge is -2.04. The van der Waals surface area contributed by atoms with Crippen LogP contribution >= 0.6 is 0 Å². The van der Waals surface area contributed by atoms with E-state index >= 15 is 0 Å². The Morgan fingerprint density at radius 1 is 1.44 bits per heavy atom. The summed E-state index contributed by atoms with van der Waals surface area (Å²) in [7, 11) is 1.49. The van der Waals surface area contributed by atoms with E-state index in [9.17, 15) is 9.59 Å². The third-order valence-electron chi connectivity index (χ3n) is 1.85. The number of nitrogens with one attached hydrogen (secondary N) is 3. The number of likely N-dealkylation sites (N-methyl/N-ethyl adjacent to an activating group) is 1. The summed E-state index contributed by atoms with van der Waals surface area (Å²) < 4.78 is 0. The fourth-order valence-electron chi connectivity index (χ4n) is 0.953. The summed E-state index contributed by atoms with van der Waals surface area (Å²) in [5, 5.41) is 4.81. The van der Waals surface area contributed by atoms with Gasteiger partial charge in [0.25, 0.3) is 5.91 Å². The third-order valence-corrected chi connectivity index (χ3v) is 1.85. The molecule has 0 saturated carbocycles. The molecular weight excluding hydrogens is 210 g/mol. The number of hydrogen-bond donors (Lipinski definition) is 4. The van der Waals surface area contributed by atoms with Gasteiger partial charge in [-0.05, 0) is 12.1 Å². The molecule has 1 aromatic rings. The quantitative estimate of drug-likeness (QED) is 0.380. The zero-order chi connectivity index (χ0) is 12.0. The van der Waals surface area contributed by atoms with E-state index in [-0.39, 0.29) is 18.1 Å². The van der Waals surface area contributed by atoms with Gasteiger partial charge in [-0.15, -0.1) is 0 Å². The molecule has 0 aromatic carbocycles. The van der Waals surface area contributed by atoms with E-state index in [1.165, 1.54) is 19.3 Å². The van der Waals surface area contributed by atoms with Gasteiger partial charge in [0.15, 0.2) is 0 Å². The van der Waals surface area contributed by atoms with Crippen molar-refractivity contribution in [3.8, 4) is 0 Å². The largest absolute Gasteiger partial charge is 0.358 e. The minimum Gasteiger partial charge on any atom is -0.358 e. The molecule has 0 fully saturated rings. The van der Waals surface area contributed by atoms with Crippen molar-refractivity contribution >= 4 is 17.5 Å². The number of rotatable bonds is 4. The Kier molecular flexibility index (Phi) is 4.22. The Morgan fingerprint density at radius 2 is 2.19 bits per heavy atom. The smallest absolute Gasteiger partial charge is 0.270 e. The van der Waals surface area contributed by atoms with Crippen LogP contribution in [0.25, 0.3) is 0 Å². The SMILES string of the molecule is CNC(=O)CNC(=O)c1ccc(NN)cn1. The number of pyridine rings is 1. The van der Waals surface area contributed by atoms with Crippen LogP contribution in [0, 0.1) is 0 Å². The highest BCUT2D eigenvalue weighted by Crippen LogP contribution is 2.03. The molecule has 0 aliphatic carbocycles. The number of hydrazine groups is 1. The number of nitrogens with zero attached hydrogens (tertiary/aromatic N) is 1. The Morgan fingerprint density at radius 3 is 2.69 bits per heavy atom. The predicted molar refractivity (Wildman–Crippen MR) is 58.4 cm³/mol. The predicted octanol–water partition coefficient (Wildman–Crippen LogP) is -1.16. The van der Waals surface area contributed by atoms with Gasteiger partial charge in [0.1, 0.15) is 5.69 Å². The molecule has 2 amide bonds. The molecule has 0 aliphatic heterocycles. The van der Waals surface area contributed by atoms with E-state index in [1.807, 2.05) is 0 Å². The van der Waals surface area contributed by atoms with E-state index in [0.29, 0.717) is 5.69 Å². The highest BCUT2D eigenvalue weighted by atomic mass is 16.2. The van der Waals surface area contributed by atoms with Crippen molar-refractivity contribution in [1.29, 1.82) is 0 Å². The molecule has 0 unspecified atom stereocenters. The van der Waals surface area contributed by atoms with Crippen LogP contribution in [-0.4, -0.2) is 30.4 Å². The summed E-state index contributed by atoms with van der Waals surface area (Å²) in [5.74, 6) is 4.47. The van der Waals surface area contributed by atoms with E-state index in [0.717, 1.165) is 0 Å². The van der Waals surface area contributed by atoms with Crippen LogP contribution in [0.2, 0.25) is 0 Å².